The Balaban J connectivity index is 1.42. The lowest BCUT2D eigenvalue weighted by Crippen LogP contribution is -2.30. The van der Waals surface area contributed by atoms with Crippen LogP contribution in [-0.4, -0.2) is 30.5 Å². The summed E-state index contributed by atoms with van der Waals surface area (Å²) in [6.45, 7) is 3.15. The predicted octanol–water partition coefficient (Wildman–Crippen LogP) is 5.41. The van der Waals surface area contributed by atoms with Crippen LogP contribution in [-0.2, 0) is 17.8 Å². The van der Waals surface area contributed by atoms with Crippen molar-refractivity contribution < 1.29 is 13.9 Å². The number of nitrogens with zero attached hydrogens (tertiary/aromatic N) is 1. The molecule has 5 nitrogen and oxygen atoms in total. The molecule has 180 valence electrons. The summed E-state index contributed by atoms with van der Waals surface area (Å²) in [6, 6.07) is 30.9. The molecule has 5 heteroatoms. The third-order valence-electron chi connectivity index (χ3n) is 6.00. The van der Waals surface area contributed by atoms with E-state index in [1.54, 1.807) is 6.26 Å². The first-order valence-electron chi connectivity index (χ1n) is 12.0. The van der Waals surface area contributed by atoms with Crippen LogP contribution in [0.25, 0.3) is 0 Å². The van der Waals surface area contributed by atoms with Crippen LogP contribution in [0.4, 0.5) is 0 Å². The topological polar surface area (TPSA) is 68.7 Å². The average molecular weight is 469 g/mol. The van der Waals surface area contributed by atoms with Crippen molar-refractivity contribution in [3.05, 3.63) is 126 Å². The first kappa shape index (κ1) is 24.3. The van der Waals surface area contributed by atoms with Crippen LogP contribution in [0.15, 0.2) is 108 Å². The molecular formula is C30H32N2O3. The Kier molecular flexibility index (Phi) is 8.74. The fraction of sp³-hybridized carbons (Fsp3) is 0.233. The van der Waals surface area contributed by atoms with E-state index >= 15 is 0 Å². The van der Waals surface area contributed by atoms with Gasteiger partial charge in [0.25, 0.3) is 0 Å². The van der Waals surface area contributed by atoms with E-state index in [2.05, 4.69) is 65.6 Å². The summed E-state index contributed by atoms with van der Waals surface area (Å²) in [7, 11) is 0. The summed E-state index contributed by atoms with van der Waals surface area (Å²) in [5, 5.41) is 0. The highest BCUT2D eigenvalue weighted by Gasteiger charge is 2.19. The number of carbonyl (C=O) groups is 1. The largest absolute Gasteiger partial charge is 0.494 e. The van der Waals surface area contributed by atoms with Gasteiger partial charge < -0.3 is 14.9 Å². The van der Waals surface area contributed by atoms with Crippen molar-refractivity contribution in [3.63, 3.8) is 0 Å². The van der Waals surface area contributed by atoms with Gasteiger partial charge in [-0.15, -0.1) is 0 Å². The number of hydrogen-bond acceptors (Lipinski definition) is 4. The summed E-state index contributed by atoms with van der Waals surface area (Å²) in [4.78, 5) is 13.7. The van der Waals surface area contributed by atoms with Gasteiger partial charge in [0.05, 0.1) is 25.6 Å². The van der Waals surface area contributed by atoms with Crippen molar-refractivity contribution in [2.24, 2.45) is 5.73 Å². The minimum Gasteiger partial charge on any atom is -0.494 e. The zero-order valence-electron chi connectivity index (χ0n) is 19.9. The SMILES string of the molecule is NC(=O)Cc1cccc(OCCCN(Cc2ccoc2)CC(c2ccccc2)c2ccccc2)c1. The Morgan fingerprint density at radius 3 is 2.23 bits per heavy atom. The normalized spacial score (nSPS) is 11.1. The molecule has 0 aliphatic heterocycles. The lowest BCUT2D eigenvalue weighted by atomic mass is 9.90. The van der Waals surface area contributed by atoms with Crippen molar-refractivity contribution in [2.75, 3.05) is 19.7 Å². The van der Waals surface area contributed by atoms with Crippen LogP contribution >= 0.6 is 0 Å². The van der Waals surface area contributed by atoms with Gasteiger partial charge in [0.15, 0.2) is 0 Å². The van der Waals surface area contributed by atoms with E-state index in [0.717, 1.165) is 42.9 Å². The van der Waals surface area contributed by atoms with Gasteiger partial charge in [-0.25, -0.2) is 0 Å². The van der Waals surface area contributed by atoms with Crippen LogP contribution in [0.5, 0.6) is 5.75 Å². The van der Waals surface area contributed by atoms with Gasteiger partial charge in [-0.2, -0.15) is 0 Å². The van der Waals surface area contributed by atoms with Gasteiger partial charge in [-0.05, 0) is 41.3 Å². The van der Waals surface area contributed by atoms with E-state index in [1.807, 2.05) is 36.6 Å². The standard InChI is InChI=1S/C30H32N2O3/c31-30(33)20-24-9-7-14-28(19-24)35-17-8-16-32(21-25-15-18-34-23-25)22-29(26-10-3-1-4-11-26)27-12-5-2-6-13-27/h1-7,9-15,18-19,23,29H,8,16-17,20-22H2,(H2,31,33). The molecule has 0 saturated carbocycles. The molecule has 0 spiro atoms. The Morgan fingerprint density at radius 1 is 0.886 bits per heavy atom. The minimum atomic E-state index is -0.344. The van der Waals surface area contributed by atoms with Gasteiger partial charge >= 0.3 is 0 Å². The quantitative estimate of drug-likeness (QED) is 0.266. The van der Waals surface area contributed by atoms with Gasteiger partial charge in [0.1, 0.15) is 5.75 Å². The highest BCUT2D eigenvalue weighted by atomic mass is 16.5. The maximum atomic E-state index is 11.2. The maximum Gasteiger partial charge on any atom is 0.221 e. The molecule has 1 aromatic heterocycles. The lowest BCUT2D eigenvalue weighted by Gasteiger charge is -2.28. The molecule has 1 heterocycles. The smallest absolute Gasteiger partial charge is 0.221 e. The number of hydrogen-bond donors (Lipinski definition) is 1. The zero-order valence-corrected chi connectivity index (χ0v) is 19.9. The van der Waals surface area contributed by atoms with E-state index < -0.39 is 0 Å². The van der Waals surface area contributed by atoms with E-state index in [1.165, 1.54) is 11.1 Å². The molecule has 1 amide bonds. The highest BCUT2D eigenvalue weighted by molar-refractivity contribution is 5.76. The minimum absolute atomic E-state index is 0.218. The molecular weight excluding hydrogens is 436 g/mol. The molecule has 0 radical (unpaired) electrons. The second-order valence-electron chi connectivity index (χ2n) is 8.73. The van der Waals surface area contributed by atoms with Gasteiger partial charge in [-0.1, -0.05) is 72.8 Å². The Bertz CT molecular complexity index is 1120. The first-order chi connectivity index (χ1) is 17.2. The number of rotatable bonds is 13. The van der Waals surface area contributed by atoms with Crippen LogP contribution in [0, 0.1) is 0 Å². The van der Waals surface area contributed by atoms with Gasteiger partial charge in [0.2, 0.25) is 5.91 Å². The molecule has 0 aliphatic rings. The molecule has 0 saturated heterocycles. The summed E-state index contributed by atoms with van der Waals surface area (Å²) in [5.41, 5.74) is 9.95. The number of furan rings is 1. The Morgan fingerprint density at radius 2 is 1.60 bits per heavy atom. The number of benzene rings is 3. The Labute approximate surface area is 207 Å². The summed E-state index contributed by atoms with van der Waals surface area (Å²) < 4.78 is 11.3. The number of nitrogens with two attached hydrogens (primary N) is 1. The summed E-state index contributed by atoms with van der Waals surface area (Å²) >= 11 is 0. The van der Waals surface area contributed by atoms with E-state index in [9.17, 15) is 4.79 Å². The van der Waals surface area contributed by atoms with Gasteiger partial charge in [-0.3, -0.25) is 9.69 Å². The van der Waals surface area contributed by atoms with Crippen molar-refractivity contribution in [1.29, 1.82) is 0 Å². The fourth-order valence-electron chi connectivity index (χ4n) is 4.33. The molecule has 3 aromatic carbocycles. The van der Waals surface area contributed by atoms with Crippen LogP contribution in [0.1, 0.15) is 34.6 Å². The van der Waals surface area contributed by atoms with E-state index in [4.69, 9.17) is 14.9 Å². The molecule has 2 N–H and O–H groups in total. The maximum absolute atomic E-state index is 11.2. The third-order valence-corrected chi connectivity index (χ3v) is 6.00. The van der Waals surface area contributed by atoms with Crippen LogP contribution < -0.4 is 10.5 Å². The molecule has 0 fully saturated rings. The van der Waals surface area contributed by atoms with Gasteiger partial charge in [0, 0.05) is 31.1 Å². The summed E-state index contributed by atoms with van der Waals surface area (Å²) in [6.07, 6.45) is 4.62. The number of primary amides is 1. The average Bonchev–Trinajstić information content (AvgIpc) is 3.39. The molecule has 0 unspecified atom stereocenters. The number of amides is 1. The lowest BCUT2D eigenvalue weighted by molar-refractivity contribution is -0.117. The second kappa shape index (κ2) is 12.6. The summed E-state index contributed by atoms with van der Waals surface area (Å²) in [5.74, 6) is 0.677. The highest BCUT2D eigenvalue weighted by Crippen LogP contribution is 2.26. The van der Waals surface area contributed by atoms with Crippen molar-refractivity contribution in [3.8, 4) is 5.75 Å². The molecule has 4 aromatic rings. The Hall–Kier alpha value is -3.83. The molecule has 35 heavy (non-hydrogen) atoms. The van der Waals surface area contributed by atoms with E-state index in [0.29, 0.717) is 6.61 Å². The third kappa shape index (κ3) is 7.59. The van der Waals surface area contributed by atoms with Crippen LogP contribution in [0.3, 0.4) is 0 Å². The first-order valence-corrected chi connectivity index (χ1v) is 12.0. The monoisotopic (exact) mass is 468 g/mol. The molecule has 0 atom stereocenters. The molecule has 0 aliphatic carbocycles. The van der Waals surface area contributed by atoms with Crippen molar-refractivity contribution in [2.45, 2.75) is 25.3 Å². The number of ether oxygens (including phenoxy) is 1. The molecule has 4 rings (SSSR count). The zero-order chi connectivity index (χ0) is 24.3. The second-order valence-corrected chi connectivity index (χ2v) is 8.73. The predicted molar refractivity (Wildman–Crippen MR) is 138 cm³/mol. The van der Waals surface area contributed by atoms with Crippen molar-refractivity contribution >= 4 is 5.91 Å². The number of carbonyl (C=O) groups excluding carboxylic acids is 1. The van der Waals surface area contributed by atoms with E-state index in [-0.39, 0.29) is 18.2 Å². The fourth-order valence-corrected chi connectivity index (χ4v) is 4.33. The van der Waals surface area contributed by atoms with Crippen LogP contribution in [0.2, 0.25) is 0 Å². The van der Waals surface area contributed by atoms with Crippen molar-refractivity contribution in [1.82, 2.24) is 4.90 Å². The molecule has 0 bridgehead atoms.